The lowest BCUT2D eigenvalue weighted by atomic mass is 10.0. The van der Waals surface area contributed by atoms with Crippen molar-refractivity contribution in [2.24, 2.45) is 5.92 Å². The summed E-state index contributed by atoms with van der Waals surface area (Å²) >= 11 is 0. The highest BCUT2D eigenvalue weighted by molar-refractivity contribution is 5.74. The van der Waals surface area contributed by atoms with Crippen LogP contribution in [0.3, 0.4) is 0 Å². The molecule has 6 nitrogen and oxygen atoms in total. The summed E-state index contributed by atoms with van der Waals surface area (Å²) in [5.41, 5.74) is 0.989. The fourth-order valence-corrected chi connectivity index (χ4v) is 1.88. The van der Waals surface area contributed by atoms with Gasteiger partial charge in [-0.05, 0) is 37.5 Å². The van der Waals surface area contributed by atoms with Crippen LogP contribution in [0.25, 0.3) is 0 Å². The molecule has 0 radical (unpaired) electrons. The maximum absolute atomic E-state index is 11.7. The molecule has 0 aliphatic heterocycles. The summed E-state index contributed by atoms with van der Waals surface area (Å²) in [6.07, 6.45) is 5.53. The molecular formula is C15H23N3O3. The molecule has 0 spiro atoms. The van der Waals surface area contributed by atoms with E-state index < -0.39 is 5.97 Å². The number of aliphatic carboxylic acids is 1. The van der Waals surface area contributed by atoms with Gasteiger partial charge < -0.3 is 15.7 Å². The van der Waals surface area contributed by atoms with Crippen molar-refractivity contribution in [2.45, 2.75) is 45.7 Å². The predicted octanol–water partition coefficient (Wildman–Crippen LogP) is 2.16. The Hall–Kier alpha value is -2.11. The number of carbonyl (C=O) groups is 2. The van der Waals surface area contributed by atoms with Crippen molar-refractivity contribution in [1.82, 2.24) is 15.6 Å². The third-order valence-corrected chi connectivity index (χ3v) is 3.28. The van der Waals surface area contributed by atoms with Crippen LogP contribution in [0.1, 0.15) is 38.7 Å². The van der Waals surface area contributed by atoms with Gasteiger partial charge in [0.1, 0.15) is 0 Å². The zero-order valence-corrected chi connectivity index (χ0v) is 12.5. The minimum Gasteiger partial charge on any atom is -0.481 e. The molecule has 0 fully saturated rings. The first kappa shape index (κ1) is 16.9. The van der Waals surface area contributed by atoms with Gasteiger partial charge in [0.2, 0.25) is 0 Å². The van der Waals surface area contributed by atoms with Gasteiger partial charge in [-0.15, -0.1) is 0 Å². The summed E-state index contributed by atoms with van der Waals surface area (Å²) < 4.78 is 0. The van der Waals surface area contributed by atoms with E-state index in [0.29, 0.717) is 13.0 Å². The number of amides is 2. The molecule has 2 amide bonds. The van der Waals surface area contributed by atoms with E-state index in [1.54, 1.807) is 19.3 Å². The van der Waals surface area contributed by atoms with Gasteiger partial charge in [0, 0.05) is 25.0 Å². The number of carbonyl (C=O) groups excluding carboxylic acids is 1. The molecule has 1 rings (SSSR count). The number of hydrogen-bond donors (Lipinski definition) is 3. The maximum atomic E-state index is 11.7. The normalized spacial score (nSPS) is 13.2. The van der Waals surface area contributed by atoms with Gasteiger partial charge in [0.05, 0.1) is 5.92 Å². The molecule has 0 aliphatic carbocycles. The molecule has 1 aromatic heterocycles. The van der Waals surface area contributed by atoms with Gasteiger partial charge in [-0.2, -0.15) is 0 Å². The average Bonchev–Trinajstić information content (AvgIpc) is 2.46. The SMILES string of the molecule is CC(CCCC(C)C(=O)O)NC(=O)NCc1ccncc1. The zero-order chi connectivity index (χ0) is 15.7. The van der Waals surface area contributed by atoms with E-state index in [1.165, 1.54) is 0 Å². The molecule has 0 saturated carbocycles. The van der Waals surface area contributed by atoms with Gasteiger partial charge in [-0.25, -0.2) is 4.79 Å². The number of carboxylic acid groups (broad SMARTS) is 1. The molecule has 0 bridgehead atoms. The van der Waals surface area contributed by atoms with Crippen LogP contribution in [-0.2, 0) is 11.3 Å². The van der Waals surface area contributed by atoms with Gasteiger partial charge >= 0.3 is 12.0 Å². The number of nitrogens with zero attached hydrogens (tertiary/aromatic N) is 1. The lowest BCUT2D eigenvalue weighted by Gasteiger charge is -2.15. The number of urea groups is 1. The fourth-order valence-electron chi connectivity index (χ4n) is 1.88. The van der Waals surface area contributed by atoms with E-state index in [-0.39, 0.29) is 18.0 Å². The topological polar surface area (TPSA) is 91.3 Å². The molecule has 0 aliphatic rings. The minimum absolute atomic E-state index is 0.0171. The van der Waals surface area contributed by atoms with E-state index in [4.69, 9.17) is 5.11 Å². The van der Waals surface area contributed by atoms with Crippen molar-refractivity contribution in [3.8, 4) is 0 Å². The summed E-state index contributed by atoms with van der Waals surface area (Å²) in [5, 5.41) is 14.4. The van der Waals surface area contributed by atoms with Crippen LogP contribution in [0.5, 0.6) is 0 Å². The Balaban J connectivity index is 2.17. The summed E-state index contributed by atoms with van der Waals surface area (Å²) in [4.78, 5) is 26.3. The van der Waals surface area contributed by atoms with Gasteiger partial charge in [0.25, 0.3) is 0 Å². The summed E-state index contributed by atoms with van der Waals surface area (Å²) in [6.45, 7) is 4.07. The number of carboxylic acids is 1. The van der Waals surface area contributed by atoms with Crippen LogP contribution in [0.2, 0.25) is 0 Å². The molecular weight excluding hydrogens is 270 g/mol. The minimum atomic E-state index is -0.772. The molecule has 1 heterocycles. The van der Waals surface area contributed by atoms with Crippen molar-refractivity contribution in [1.29, 1.82) is 0 Å². The molecule has 3 N–H and O–H groups in total. The monoisotopic (exact) mass is 293 g/mol. The molecule has 21 heavy (non-hydrogen) atoms. The number of aromatic nitrogens is 1. The van der Waals surface area contributed by atoms with Crippen molar-refractivity contribution in [3.05, 3.63) is 30.1 Å². The lowest BCUT2D eigenvalue weighted by Crippen LogP contribution is -2.40. The van der Waals surface area contributed by atoms with E-state index in [1.807, 2.05) is 19.1 Å². The Labute approximate surface area is 125 Å². The number of pyridine rings is 1. The number of nitrogens with one attached hydrogen (secondary N) is 2. The van der Waals surface area contributed by atoms with Crippen molar-refractivity contribution >= 4 is 12.0 Å². The van der Waals surface area contributed by atoms with Crippen LogP contribution in [0, 0.1) is 5.92 Å². The van der Waals surface area contributed by atoms with Crippen LogP contribution >= 0.6 is 0 Å². The zero-order valence-electron chi connectivity index (χ0n) is 12.5. The third kappa shape index (κ3) is 7.29. The second kappa shape index (κ2) is 8.94. The highest BCUT2D eigenvalue weighted by atomic mass is 16.4. The first-order chi connectivity index (χ1) is 9.99. The molecule has 2 atom stereocenters. The summed E-state index contributed by atoms with van der Waals surface area (Å²) in [7, 11) is 0. The van der Waals surface area contributed by atoms with Crippen LogP contribution in [-0.4, -0.2) is 28.1 Å². The molecule has 1 aromatic rings. The smallest absolute Gasteiger partial charge is 0.315 e. The van der Waals surface area contributed by atoms with Gasteiger partial charge in [0.15, 0.2) is 0 Å². The summed E-state index contributed by atoms with van der Waals surface area (Å²) in [5.74, 6) is -1.11. The average molecular weight is 293 g/mol. The lowest BCUT2D eigenvalue weighted by molar-refractivity contribution is -0.141. The summed E-state index contributed by atoms with van der Waals surface area (Å²) in [6, 6.07) is 3.49. The third-order valence-electron chi connectivity index (χ3n) is 3.28. The van der Waals surface area contributed by atoms with Crippen molar-refractivity contribution in [2.75, 3.05) is 0 Å². The Kier molecular flexibility index (Phi) is 7.21. The largest absolute Gasteiger partial charge is 0.481 e. The maximum Gasteiger partial charge on any atom is 0.315 e. The molecule has 6 heteroatoms. The Morgan fingerprint density at radius 2 is 1.90 bits per heavy atom. The van der Waals surface area contributed by atoms with E-state index in [9.17, 15) is 9.59 Å². The predicted molar refractivity (Wildman–Crippen MR) is 79.7 cm³/mol. The first-order valence-electron chi connectivity index (χ1n) is 7.15. The fraction of sp³-hybridized carbons (Fsp3) is 0.533. The Morgan fingerprint density at radius 1 is 1.24 bits per heavy atom. The molecule has 0 aromatic carbocycles. The van der Waals surface area contributed by atoms with E-state index >= 15 is 0 Å². The Bertz CT molecular complexity index is 451. The second-order valence-corrected chi connectivity index (χ2v) is 5.25. The van der Waals surface area contributed by atoms with Crippen LogP contribution in [0.4, 0.5) is 4.79 Å². The van der Waals surface area contributed by atoms with Crippen LogP contribution in [0.15, 0.2) is 24.5 Å². The van der Waals surface area contributed by atoms with Gasteiger partial charge in [-0.1, -0.05) is 13.3 Å². The number of hydrogen-bond acceptors (Lipinski definition) is 3. The number of rotatable bonds is 8. The van der Waals surface area contributed by atoms with Crippen molar-refractivity contribution < 1.29 is 14.7 Å². The second-order valence-electron chi connectivity index (χ2n) is 5.25. The quantitative estimate of drug-likeness (QED) is 0.685. The van der Waals surface area contributed by atoms with Crippen LogP contribution < -0.4 is 10.6 Å². The van der Waals surface area contributed by atoms with Gasteiger partial charge in [-0.3, -0.25) is 9.78 Å². The first-order valence-corrected chi connectivity index (χ1v) is 7.15. The van der Waals surface area contributed by atoms with E-state index in [0.717, 1.165) is 18.4 Å². The highest BCUT2D eigenvalue weighted by Gasteiger charge is 2.12. The molecule has 0 saturated heterocycles. The van der Waals surface area contributed by atoms with E-state index in [2.05, 4.69) is 15.6 Å². The molecule has 2 unspecified atom stereocenters. The highest BCUT2D eigenvalue weighted by Crippen LogP contribution is 2.09. The Morgan fingerprint density at radius 3 is 2.52 bits per heavy atom. The molecule has 116 valence electrons. The van der Waals surface area contributed by atoms with Crippen molar-refractivity contribution in [3.63, 3.8) is 0 Å². The standard InChI is InChI=1S/C15H23N3O3/c1-11(14(19)20)4-3-5-12(2)18-15(21)17-10-13-6-8-16-9-7-13/h6-9,11-12H,3-5,10H2,1-2H3,(H,19,20)(H2,17,18,21).